The zero-order chi connectivity index (χ0) is 19.2. The molecule has 0 bridgehead atoms. The third-order valence-corrected chi connectivity index (χ3v) is 7.01. The van der Waals surface area contributed by atoms with Gasteiger partial charge >= 0.3 is 0 Å². The molecule has 1 saturated heterocycles. The number of carbonyl (C=O) groups is 1. The van der Waals surface area contributed by atoms with E-state index < -0.39 is 10.0 Å². The van der Waals surface area contributed by atoms with E-state index in [1.807, 2.05) is 56.0 Å². The Morgan fingerprint density at radius 2 is 1.81 bits per heavy atom. The minimum Gasteiger partial charge on any atom is -0.336 e. The molecule has 0 spiro atoms. The fraction of sp³-hybridized carbons (Fsp3) is 0.650. The van der Waals surface area contributed by atoms with E-state index in [1.165, 1.54) is 0 Å². The third-order valence-electron chi connectivity index (χ3n) is 5.05. The van der Waals surface area contributed by atoms with Crippen molar-refractivity contribution in [3.05, 3.63) is 35.9 Å². The smallest absolute Gasteiger partial charge is 0.226 e. The van der Waals surface area contributed by atoms with E-state index in [-0.39, 0.29) is 23.6 Å². The van der Waals surface area contributed by atoms with Gasteiger partial charge in [0.15, 0.2) is 0 Å². The number of amides is 1. The standard InChI is InChI=1S/C20H32N2O3S/c1-4-5-15-26(24,25)21-13-11-19(12-14-21)20(23)22(17(2)3)16-18-9-7-6-8-10-18/h6-10,17,19H,4-5,11-16H2,1-3H3. The van der Waals surface area contributed by atoms with Crippen molar-refractivity contribution in [3.63, 3.8) is 0 Å². The van der Waals surface area contributed by atoms with Gasteiger partial charge in [-0.05, 0) is 38.7 Å². The number of benzene rings is 1. The largest absolute Gasteiger partial charge is 0.336 e. The van der Waals surface area contributed by atoms with Crippen molar-refractivity contribution in [1.82, 2.24) is 9.21 Å². The van der Waals surface area contributed by atoms with Gasteiger partial charge in [0.25, 0.3) is 0 Å². The van der Waals surface area contributed by atoms with Crippen molar-refractivity contribution in [2.45, 2.75) is 59.0 Å². The van der Waals surface area contributed by atoms with Crippen molar-refractivity contribution < 1.29 is 13.2 Å². The van der Waals surface area contributed by atoms with Gasteiger partial charge in [0.05, 0.1) is 5.75 Å². The van der Waals surface area contributed by atoms with Crippen molar-refractivity contribution in [2.75, 3.05) is 18.8 Å². The lowest BCUT2D eigenvalue weighted by atomic mass is 9.95. The van der Waals surface area contributed by atoms with Crippen molar-refractivity contribution in [2.24, 2.45) is 5.92 Å². The molecule has 1 fully saturated rings. The molecule has 1 aliphatic rings. The number of piperidine rings is 1. The van der Waals surface area contributed by atoms with E-state index in [4.69, 9.17) is 0 Å². The monoisotopic (exact) mass is 380 g/mol. The number of nitrogens with zero attached hydrogens (tertiary/aromatic N) is 2. The summed E-state index contributed by atoms with van der Waals surface area (Å²) >= 11 is 0. The molecule has 0 unspecified atom stereocenters. The molecule has 0 radical (unpaired) electrons. The van der Waals surface area contributed by atoms with Crippen LogP contribution in [0.25, 0.3) is 0 Å². The van der Waals surface area contributed by atoms with Gasteiger partial charge in [0, 0.05) is 31.6 Å². The highest BCUT2D eigenvalue weighted by Crippen LogP contribution is 2.24. The third kappa shape index (κ3) is 5.55. The molecule has 5 nitrogen and oxygen atoms in total. The first-order valence-electron chi connectivity index (χ1n) is 9.67. The molecule has 0 aliphatic carbocycles. The van der Waals surface area contributed by atoms with Gasteiger partial charge in [-0.3, -0.25) is 4.79 Å². The second-order valence-corrected chi connectivity index (χ2v) is 9.48. The van der Waals surface area contributed by atoms with Gasteiger partial charge in [0.1, 0.15) is 0 Å². The Labute approximate surface area is 158 Å². The number of unbranched alkanes of at least 4 members (excludes halogenated alkanes) is 1. The molecule has 146 valence electrons. The Bertz CT molecular complexity index is 666. The summed E-state index contributed by atoms with van der Waals surface area (Å²) in [5, 5.41) is 0. The zero-order valence-corrected chi connectivity index (χ0v) is 17.0. The van der Waals surface area contributed by atoms with Gasteiger partial charge in [-0.15, -0.1) is 0 Å². The summed E-state index contributed by atoms with van der Waals surface area (Å²) in [6.07, 6.45) is 2.79. The molecule has 1 aromatic rings. The number of rotatable bonds is 8. The first kappa shape index (κ1) is 20.9. The lowest BCUT2D eigenvalue weighted by Gasteiger charge is -2.35. The molecule has 1 amide bonds. The van der Waals surface area contributed by atoms with Crippen LogP contribution in [0.4, 0.5) is 0 Å². The zero-order valence-electron chi connectivity index (χ0n) is 16.2. The summed E-state index contributed by atoms with van der Waals surface area (Å²) in [5.74, 6) is 0.280. The van der Waals surface area contributed by atoms with Gasteiger partial charge in [-0.25, -0.2) is 12.7 Å². The predicted octanol–water partition coefficient (Wildman–Crippen LogP) is 3.27. The van der Waals surface area contributed by atoms with Gasteiger partial charge in [-0.1, -0.05) is 43.7 Å². The molecule has 0 aromatic heterocycles. The first-order valence-corrected chi connectivity index (χ1v) is 11.3. The summed E-state index contributed by atoms with van der Waals surface area (Å²) in [6, 6.07) is 10.1. The van der Waals surface area contributed by atoms with Crippen LogP contribution in [0.2, 0.25) is 0 Å². The van der Waals surface area contributed by atoms with Crippen molar-refractivity contribution in [1.29, 1.82) is 0 Å². The van der Waals surface area contributed by atoms with E-state index >= 15 is 0 Å². The van der Waals surface area contributed by atoms with Crippen LogP contribution in [-0.4, -0.2) is 48.4 Å². The predicted molar refractivity (Wildman–Crippen MR) is 105 cm³/mol. The maximum absolute atomic E-state index is 13.0. The molecule has 26 heavy (non-hydrogen) atoms. The number of sulfonamides is 1. The lowest BCUT2D eigenvalue weighted by Crippen LogP contribution is -2.46. The molecular formula is C20H32N2O3S. The normalized spacial score (nSPS) is 16.8. The van der Waals surface area contributed by atoms with E-state index in [2.05, 4.69) is 0 Å². The van der Waals surface area contributed by atoms with Crippen LogP contribution in [0.15, 0.2) is 30.3 Å². The molecule has 1 heterocycles. The van der Waals surface area contributed by atoms with Gasteiger partial charge < -0.3 is 4.90 Å². The minimum atomic E-state index is -3.17. The number of hydrogen-bond donors (Lipinski definition) is 0. The second-order valence-electron chi connectivity index (χ2n) is 7.39. The van der Waals surface area contributed by atoms with Crippen LogP contribution in [0.1, 0.15) is 52.0 Å². The average Bonchev–Trinajstić information content (AvgIpc) is 2.64. The molecular weight excluding hydrogens is 348 g/mol. The van der Waals surface area contributed by atoms with Crippen LogP contribution < -0.4 is 0 Å². The molecule has 0 N–H and O–H groups in total. The highest BCUT2D eigenvalue weighted by molar-refractivity contribution is 7.89. The Kier molecular flexibility index (Phi) is 7.65. The number of hydrogen-bond acceptors (Lipinski definition) is 3. The van der Waals surface area contributed by atoms with E-state index in [1.54, 1.807) is 4.31 Å². The van der Waals surface area contributed by atoms with Gasteiger partial charge in [0.2, 0.25) is 15.9 Å². The Balaban J connectivity index is 1.97. The van der Waals surface area contributed by atoms with Crippen molar-refractivity contribution in [3.8, 4) is 0 Å². The molecule has 0 atom stereocenters. The summed E-state index contributed by atoms with van der Waals surface area (Å²) in [7, 11) is -3.17. The lowest BCUT2D eigenvalue weighted by molar-refractivity contribution is -0.139. The quantitative estimate of drug-likeness (QED) is 0.695. The summed E-state index contributed by atoms with van der Waals surface area (Å²) in [4.78, 5) is 14.9. The maximum Gasteiger partial charge on any atom is 0.226 e. The molecule has 6 heteroatoms. The fourth-order valence-corrected chi connectivity index (χ4v) is 5.05. The molecule has 1 aromatic carbocycles. The highest BCUT2D eigenvalue weighted by Gasteiger charge is 2.33. The average molecular weight is 381 g/mol. The Hall–Kier alpha value is -1.40. The summed E-state index contributed by atoms with van der Waals surface area (Å²) in [5.41, 5.74) is 1.12. The van der Waals surface area contributed by atoms with E-state index in [0.29, 0.717) is 38.9 Å². The Morgan fingerprint density at radius 3 is 2.35 bits per heavy atom. The Morgan fingerprint density at radius 1 is 1.19 bits per heavy atom. The maximum atomic E-state index is 13.0. The van der Waals surface area contributed by atoms with Crippen LogP contribution in [0.5, 0.6) is 0 Å². The van der Waals surface area contributed by atoms with Gasteiger partial charge in [-0.2, -0.15) is 0 Å². The van der Waals surface area contributed by atoms with Crippen LogP contribution in [-0.2, 0) is 21.4 Å². The highest BCUT2D eigenvalue weighted by atomic mass is 32.2. The summed E-state index contributed by atoms with van der Waals surface area (Å²) < 4.78 is 26.2. The summed E-state index contributed by atoms with van der Waals surface area (Å²) in [6.45, 7) is 7.58. The molecule has 1 aliphatic heterocycles. The van der Waals surface area contributed by atoms with Crippen LogP contribution in [0, 0.1) is 5.92 Å². The number of carbonyl (C=O) groups excluding carboxylic acids is 1. The van der Waals surface area contributed by atoms with E-state index in [0.717, 1.165) is 12.0 Å². The fourth-order valence-electron chi connectivity index (χ4n) is 3.37. The van der Waals surface area contributed by atoms with Crippen molar-refractivity contribution >= 4 is 15.9 Å². The first-order chi connectivity index (χ1) is 12.3. The second kappa shape index (κ2) is 9.51. The molecule has 2 rings (SSSR count). The van der Waals surface area contributed by atoms with Crippen LogP contribution >= 0.6 is 0 Å². The topological polar surface area (TPSA) is 57.7 Å². The minimum absolute atomic E-state index is 0.0845. The van der Waals surface area contributed by atoms with Crippen LogP contribution in [0.3, 0.4) is 0 Å². The SMILES string of the molecule is CCCCS(=O)(=O)N1CCC(C(=O)N(Cc2ccccc2)C(C)C)CC1. The molecule has 0 saturated carbocycles. The van der Waals surface area contributed by atoms with E-state index in [9.17, 15) is 13.2 Å².